The van der Waals surface area contributed by atoms with Gasteiger partial charge in [0.05, 0.1) is 19.3 Å². The van der Waals surface area contributed by atoms with Crippen molar-refractivity contribution in [2.24, 2.45) is 0 Å². The number of aromatic nitrogens is 3. The molecule has 9 nitrogen and oxygen atoms in total. The molecule has 0 aliphatic carbocycles. The molecule has 1 aromatic carbocycles. The summed E-state index contributed by atoms with van der Waals surface area (Å²) in [5.74, 6) is -0.0349. The number of hydrogen-bond acceptors (Lipinski definition) is 7. The van der Waals surface area contributed by atoms with Crippen LogP contribution < -0.4 is 9.47 Å². The molecule has 2 aromatic heterocycles. The molecule has 0 amide bonds. The number of hydrogen-bond donors (Lipinski definition) is 0. The molecule has 3 heterocycles. The van der Waals surface area contributed by atoms with Crippen molar-refractivity contribution in [3.63, 3.8) is 0 Å². The Morgan fingerprint density at radius 1 is 1.16 bits per heavy atom. The Kier molecular flexibility index (Phi) is 5.95. The number of alkyl halides is 3. The van der Waals surface area contributed by atoms with Gasteiger partial charge in [0, 0.05) is 4.98 Å². The van der Waals surface area contributed by atoms with E-state index in [1.54, 1.807) is 4.57 Å². The normalized spacial score (nSPS) is 15.7. The minimum absolute atomic E-state index is 0.173. The molecule has 1 atom stereocenters. The molecule has 0 radical (unpaired) electrons. The third kappa shape index (κ3) is 5.14. The number of fused-ring (bicyclic) bond motifs is 1. The summed E-state index contributed by atoms with van der Waals surface area (Å²) in [7, 11) is 0. The average Bonchev–Trinajstić information content (AvgIpc) is 3.20. The molecular formula is C20H17F3N4O5. The molecular weight excluding hydrogens is 433 g/mol. The Hall–Kier alpha value is -3.67. The summed E-state index contributed by atoms with van der Waals surface area (Å²) in [6, 6.07) is 9.64. The van der Waals surface area contributed by atoms with Crippen molar-refractivity contribution in [2.75, 3.05) is 6.61 Å². The van der Waals surface area contributed by atoms with Gasteiger partial charge in [0.1, 0.15) is 37.0 Å². The first-order valence-electron chi connectivity index (χ1n) is 9.48. The lowest BCUT2D eigenvalue weighted by molar-refractivity contribution is -0.389. The number of nitro groups is 1. The molecule has 12 heteroatoms. The summed E-state index contributed by atoms with van der Waals surface area (Å²) in [6.45, 7) is 1.11. The maximum atomic E-state index is 12.5. The van der Waals surface area contributed by atoms with Gasteiger partial charge in [0.25, 0.3) is 0 Å². The van der Waals surface area contributed by atoms with Gasteiger partial charge in [-0.2, -0.15) is 13.2 Å². The maximum Gasteiger partial charge on any atom is 0.433 e. The molecule has 0 bridgehead atoms. The van der Waals surface area contributed by atoms with E-state index >= 15 is 0 Å². The van der Waals surface area contributed by atoms with E-state index in [-0.39, 0.29) is 36.9 Å². The van der Waals surface area contributed by atoms with Gasteiger partial charge in [0.15, 0.2) is 0 Å². The van der Waals surface area contributed by atoms with Crippen LogP contribution in [0.4, 0.5) is 19.0 Å². The predicted molar refractivity (Wildman–Crippen MR) is 103 cm³/mol. The number of pyridine rings is 1. The van der Waals surface area contributed by atoms with Gasteiger partial charge in [-0.3, -0.25) is 4.57 Å². The number of ether oxygens (including phenoxy) is 3. The zero-order valence-electron chi connectivity index (χ0n) is 16.5. The van der Waals surface area contributed by atoms with E-state index in [4.69, 9.17) is 14.2 Å². The van der Waals surface area contributed by atoms with Crippen molar-refractivity contribution in [1.29, 1.82) is 0 Å². The standard InChI is InChI=1S/C20H17F3N4O5/c21-20(22,23)17-6-5-15(7-24-17)30-10-13-1-3-14(4-2-13)11-31-16-8-26-9-18(27(28)29)25-19(26)32-12-16/h1-7,9,16H,8,10-12H2/t16-/m0/s1. The second kappa shape index (κ2) is 8.83. The second-order valence-electron chi connectivity index (χ2n) is 7.02. The topological polar surface area (TPSA) is 102 Å². The molecule has 0 N–H and O–H groups in total. The molecule has 0 saturated heterocycles. The summed E-state index contributed by atoms with van der Waals surface area (Å²) < 4.78 is 55.9. The molecule has 1 aliphatic rings. The lowest BCUT2D eigenvalue weighted by Gasteiger charge is -2.22. The van der Waals surface area contributed by atoms with Crippen LogP contribution in [0.1, 0.15) is 16.8 Å². The van der Waals surface area contributed by atoms with Crippen LogP contribution in [0.2, 0.25) is 0 Å². The van der Waals surface area contributed by atoms with E-state index in [0.717, 1.165) is 23.4 Å². The Balaban J connectivity index is 1.25. The quantitative estimate of drug-likeness (QED) is 0.399. The largest absolute Gasteiger partial charge is 0.487 e. The summed E-state index contributed by atoms with van der Waals surface area (Å²) >= 11 is 0. The zero-order valence-corrected chi connectivity index (χ0v) is 16.5. The summed E-state index contributed by atoms with van der Waals surface area (Å²) in [4.78, 5) is 17.4. The first-order valence-corrected chi connectivity index (χ1v) is 9.48. The van der Waals surface area contributed by atoms with Crippen molar-refractivity contribution in [1.82, 2.24) is 14.5 Å². The van der Waals surface area contributed by atoms with Gasteiger partial charge < -0.3 is 24.3 Å². The van der Waals surface area contributed by atoms with Gasteiger partial charge in [-0.1, -0.05) is 24.3 Å². The third-order valence-corrected chi connectivity index (χ3v) is 4.65. The number of benzene rings is 1. The van der Waals surface area contributed by atoms with Crippen LogP contribution in [-0.2, 0) is 30.7 Å². The highest BCUT2D eigenvalue weighted by atomic mass is 19.4. The molecule has 1 aliphatic heterocycles. The van der Waals surface area contributed by atoms with Crippen LogP contribution in [0.5, 0.6) is 11.8 Å². The SMILES string of the molecule is O=[N+]([O-])c1cn2c(n1)OC[C@@H](OCc1ccc(COc3ccc(C(F)(F)F)nc3)cc1)C2. The molecule has 0 fully saturated rings. The molecule has 32 heavy (non-hydrogen) atoms. The van der Waals surface area contributed by atoms with Gasteiger partial charge in [-0.25, -0.2) is 4.98 Å². The van der Waals surface area contributed by atoms with Crippen LogP contribution in [-0.4, -0.2) is 32.2 Å². The Bertz CT molecular complexity index is 1080. The van der Waals surface area contributed by atoms with Crippen molar-refractivity contribution < 1.29 is 32.3 Å². The van der Waals surface area contributed by atoms with E-state index in [2.05, 4.69) is 9.97 Å². The van der Waals surface area contributed by atoms with Crippen molar-refractivity contribution in [2.45, 2.75) is 32.0 Å². The molecule has 4 rings (SSSR count). The summed E-state index contributed by atoms with van der Waals surface area (Å²) in [5.41, 5.74) is 0.748. The Morgan fingerprint density at radius 2 is 1.88 bits per heavy atom. The van der Waals surface area contributed by atoms with Crippen LogP contribution in [0, 0.1) is 10.1 Å². The van der Waals surface area contributed by atoms with E-state index in [1.165, 1.54) is 12.3 Å². The minimum Gasteiger partial charge on any atom is -0.487 e. The molecule has 168 valence electrons. The fraction of sp³-hybridized carbons (Fsp3) is 0.300. The smallest absolute Gasteiger partial charge is 0.433 e. The third-order valence-electron chi connectivity index (χ3n) is 4.65. The fourth-order valence-electron chi connectivity index (χ4n) is 3.01. The second-order valence-corrected chi connectivity index (χ2v) is 7.02. The minimum atomic E-state index is -4.49. The zero-order chi connectivity index (χ0) is 22.7. The van der Waals surface area contributed by atoms with Crippen molar-refractivity contribution >= 4 is 5.82 Å². The lowest BCUT2D eigenvalue weighted by Crippen LogP contribution is -2.32. The van der Waals surface area contributed by atoms with Crippen LogP contribution >= 0.6 is 0 Å². The van der Waals surface area contributed by atoms with E-state index in [1.807, 2.05) is 24.3 Å². The molecule has 0 saturated carbocycles. The molecule has 3 aromatic rings. The lowest BCUT2D eigenvalue weighted by atomic mass is 10.1. The summed E-state index contributed by atoms with van der Waals surface area (Å²) in [6.07, 6.45) is -2.42. The predicted octanol–water partition coefficient (Wildman–Crippen LogP) is 3.76. The number of nitrogens with zero attached hydrogens (tertiary/aromatic N) is 4. The Labute approximate surface area is 179 Å². The fourth-order valence-corrected chi connectivity index (χ4v) is 3.01. The molecule has 0 spiro atoms. The highest BCUT2D eigenvalue weighted by Gasteiger charge is 2.32. The van der Waals surface area contributed by atoms with Gasteiger partial charge in [-0.05, 0) is 28.2 Å². The molecule has 0 unspecified atom stereocenters. The monoisotopic (exact) mass is 450 g/mol. The van der Waals surface area contributed by atoms with Crippen LogP contribution in [0.3, 0.4) is 0 Å². The number of rotatable bonds is 7. The average molecular weight is 450 g/mol. The van der Waals surface area contributed by atoms with E-state index in [9.17, 15) is 23.3 Å². The van der Waals surface area contributed by atoms with Crippen LogP contribution in [0.25, 0.3) is 0 Å². The van der Waals surface area contributed by atoms with Gasteiger partial charge >= 0.3 is 18.0 Å². The number of halogens is 3. The first-order chi connectivity index (χ1) is 15.3. The Morgan fingerprint density at radius 3 is 2.50 bits per heavy atom. The van der Waals surface area contributed by atoms with E-state index < -0.39 is 16.8 Å². The highest BCUT2D eigenvalue weighted by Crippen LogP contribution is 2.28. The van der Waals surface area contributed by atoms with Gasteiger partial charge in [-0.15, -0.1) is 0 Å². The highest BCUT2D eigenvalue weighted by molar-refractivity contribution is 5.25. The first kappa shape index (κ1) is 21.6. The van der Waals surface area contributed by atoms with Gasteiger partial charge in [0.2, 0.25) is 0 Å². The van der Waals surface area contributed by atoms with Crippen molar-refractivity contribution in [3.8, 4) is 11.8 Å². The van der Waals surface area contributed by atoms with E-state index in [0.29, 0.717) is 13.2 Å². The van der Waals surface area contributed by atoms with Crippen LogP contribution in [0.15, 0.2) is 48.8 Å². The maximum absolute atomic E-state index is 12.5. The number of imidazole rings is 1. The summed E-state index contributed by atoms with van der Waals surface area (Å²) in [5, 5.41) is 10.8. The van der Waals surface area contributed by atoms with Crippen molar-refractivity contribution in [3.05, 3.63) is 75.7 Å².